The minimum absolute atomic E-state index is 0.0795. The zero-order valence-corrected chi connectivity index (χ0v) is 20.7. The van der Waals surface area contributed by atoms with Crippen molar-refractivity contribution >= 4 is 17.9 Å². The van der Waals surface area contributed by atoms with Crippen LogP contribution in [0.1, 0.15) is 24.5 Å². The van der Waals surface area contributed by atoms with Gasteiger partial charge in [-0.15, -0.1) is 6.42 Å². The third kappa shape index (κ3) is 5.73. The SMILES string of the molecule is C#CCN(C1=C2C=CC=CC2C(NSc2c(C)cc(OC)cc2C)C=C1)C(C)CC(=O)OC. The fraction of sp³-hybridized carbons (Fsp3) is 0.370. The summed E-state index contributed by atoms with van der Waals surface area (Å²) in [6, 6.07) is 4.14. The molecule has 3 unspecified atom stereocenters. The van der Waals surface area contributed by atoms with E-state index in [1.54, 1.807) is 19.1 Å². The predicted molar refractivity (Wildman–Crippen MR) is 135 cm³/mol. The number of hydrogen-bond acceptors (Lipinski definition) is 6. The Labute approximate surface area is 201 Å². The van der Waals surface area contributed by atoms with E-state index >= 15 is 0 Å². The first-order valence-corrected chi connectivity index (χ1v) is 11.8. The lowest BCUT2D eigenvalue weighted by Gasteiger charge is -2.37. The lowest BCUT2D eigenvalue weighted by molar-refractivity contribution is -0.141. The lowest BCUT2D eigenvalue weighted by Crippen LogP contribution is -2.39. The summed E-state index contributed by atoms with van der Waals surface area (Å²) < 4.78 is 13.9. The second-order valence-corrected chi connectivity index (χ2v) is 9.11. The molecule has 174 valence electrons. The first-order valence-electron chi connectivity index (χ1n) is 11.0. The van der Waals surface area contributed by atoms with E-state index in [0.29, 0.717) is 6.54 Å². The molecule has 0 heterocycles. The van der Waals surface area contributed by atoms with Crippen LogP contribution in [-0.4, -0.2) is 43.7 Å². The lowest BCUT2D eigenvalue weighted by atomic mass is 9.82. The molecular weight excluding hydrogens is 432 g/mol. The van der Waals surface area contributed by atoms with E-state index in [9.17, 15) is 4.79 Å². The van der Waals surface area contributed by atoms with Crippen LogP contribution in [0.15, 0.2) is 64.8 Å². The van der Waals surface area contributed by atoms with Gasteiger partial charge in [0.1, 0.15) is 5.75 Å². The van der Waals surface area contributed by atoms with E-state index in [0.717, 1.165) is 11.4 Å². The van der Waals surface area contributed by atoms with Crippen molar-refractivity contribution in [3.63, 3.8) is 0 Å². The van der Waals surface area contributed by atoms with Gasteiger partial charge in [0.15, 0.2) is 0 Å². The van der Waals surface area contributed by atoms with Crippen LogP contribution in [-0.2, 0) is 9.53 Å². The molecular formula is C27H32N2O3S. The number of nitrogens with one attached hydrogen (secondary N) is 1. The maximum absolute atomic E-state index is 11.9. The number of benzene rings is 1. The number of ether oxygens (including phenoxy) is 2. The maximum Gasteiger partial charge on any atom is 0.307 e. The zero-order chi connectivity index (χ0) is 24.0. The Bertz CT molecular complexity index is 1020. The topological polar surface area (TPSA) is 50.8 Å². The summed E-state index contributed by atoms with van der Waals surface area (Å²) in [5.74, 6) is 3.53. The summed E-state index contributed by atoms with van der Waals surface area (Å²) >= 11 is 1.65. The normalized spacial score (nSPS) is 19.6. The number of allylic oxidation sites excluding steroid dienone is 4. The van der Waals surface area contributed by atoms with Crippen molar-refractivity contribution in [1.29, 1.82) is 0 Å². The van der Waals surface area contributed by atoms with Gasteiger partial charge in [0, 0.05) is 28.6 Å². The van der Waals surface area contributed by atoms with Crippen molar-refractivity contribution in [3.8, 4) is 18.1 Å². The van der Waals surface area contributed by atoms with Gasteiger partial charge in [-0.3, -0.25) is 9.52 Å². The molecule has 0 spiro atoms. The van der Waals surface area contributed by atoms with Gasteiger partial charge in [0.25, 0.3) is 0 Å². The summed E-state index contributed by atoms with van der Waals surface area (Å²) in [6.45, 7) is 6.62. The molecule has 0 aliphatic heterocycles. The van der Waals surface area contributed by atoms with E-state index in [-0.39, 0.29) is 30.4 Å². The molecule has 1 N–H and O–H groups in total. The van der Waals surface area contributed by atoms with Crippen LogP contribution in [0.25, 0.3) is 0 Å². The number of carbonyl (C=O) groups excluding carboxylic acids is 1. The third-order valence-electron chi connectivity index (χ3n) is 5.97. The molecule has 0 saturated heterocycles. The van der Waals surface area contributed by atoms with E-state index in [1.807, 2.05) is 13.0 Å². The Hall–Kier alpha value is -2.88. The highest BCUT2D eigenvalue weighted by Crippen LogP contribution is 2.36. The van der Waals surface area contributed by atoms with E-state index < -0.39 is 0 Å². The minimum atomic E-state index is -0.244. The first kappa shape index (κ1) is 24.8. The Morgan fingerprint density at radius 3 is 2.58 bits per heavy atom. The molecule has 2 aliphatic carbocycles. The smallest absolute Gasteiger partial charge is 0.307 e. The maximum atomic E-state index is 11.9. The number of aryl methyl sites for hydroxylation is 2. The summed E-state index contributed by atoms with van der Waals surface area (Å²) in [4.78, 5) is 15.2. The molecule has 6 heteroatoms. The van der Waals surface area contributed by atoms with Gasteiger partial charge < -0.3 is 14.4 Å². The molecule has 0 aromatic heterocycles. The number of nitrogens with zero attached hydrogens (tertiary/aromatic N) is 1. The number of fused-ring (bicyclic) bond motifs is 1. The number of methoxy groups -OCH3 is 2. The molecule has 0 radical (unpaired) electrons. The highest BCUT2D eigenvalue weighted by molar-refractivity contribution is 7.97. The molecule has 5 nitrogen and oxygen atoms in total. The van der Waals surface area contributed by atoms with Crippen molar-refractivity contribution in [2.45, 2.75) is 44.2 Å². The molecule has 1 aromatic rings. The van der Waals surface area contributed by atoms with Crippen LogP contribution in [0, 0.1) is 32.1 Å². The average molecular weight is 465 g/mol. The second-order valence-electron chi connectivity index (χ2n) is 8.27. The summed E-state index contributed by atoms with van der Waals surface area (Å²) in [5, 5.41) is 0. The number of hydrogen-bond donors (Lipinski definition) is 1. The zero-order valence-electron chi connectivity index (χ0n) is 19.9. The molecule has 0 saturated carbocycles. The van der Waals surface area contributed by atoms with Gasteiger partial charge in [-0.2, -0.15) is 0 Å². The second kappa shape index (κ2) is 11.3. The van der Waals surface area contributed by atoms with Crippen LogP contribution < -0.4 is 9.46 Å². The number of esters is 1. The van der Waals surface area contributed by atoms with Crippen molar-refractivity contribution < 1.29 is 14.3 Å². The summed E-state index contributed by atoms with van der Waals surface area (Å²) in [7, 11) is 3.10. The minimum Gasteiger partial charge on any atom is -0.497 e. The predicted octanol–water partition coefficient (Wildman–Crippen LogP) is 4.73. The average Bonchev–Trinajstić information content (AvgIpc) is 2.81. The molecule has 0 bridgehead atoms. The molecule has 0 amide bonds. The molecule has 33 heavy (non-hydrogen) atoms. The van der Waals surface area contributed by atoms with Gasteiger partial charge >= 0.3 is 5.97 Å². The van der Waals surface area contributed by atoms with Crippen LogP contribution in [0.4, 0.5) is 0 Å². The van der Waals surface area contributed by atoms with E-state index in [2.05, 4.69) is 71.9 Å². The van der Waals surface area contributed by atoms with Gasteiger partial charge in [-0.1, -0.05) is 36.3 Å². The largest absolute Gasteiger partial charge is 0.497 e. The number of carbonyl (C=O) groups is 1. The molecule has 2 aliphatic rings. The van der Waals surface area contributed by atoms with Crippen molar-refractivity contribution in [1.82, 2.24) is 9.62 Å². The summed E-state index contributed by atoms with van der Waals surface area (Å²) in [6.07, 6.45) is 18.7. The van der Waals surface area contributed by atoms with E-state index in [1.165, 1.54) is 28.7 Å². The van der Waals surface area contributed by atoms with Crippen molar-refractivity contribution in [3.05, 3.63) is 71.0 Å². The first-order chi connectivity index (χ1) is 15.9. The molecule has 3 rings (SSSR count). The van der Waals surface area contributed by atoms with Gasteiger partial charge in [0.05, 0.1) is 27.2 Å². The quantitative estimate of drug-likeness (QED) is 0.324. The van der Waals surface area contributed by atoms with Crippen molar-refractivity contribution in [2.75, 3.05) is 20.8 Å². The molecule has 3 atom stereocenters. The van der Waals surface area contributed by atoms with Gasteiger partial charge in [0.2, 0.25) is 0 Å². The fourth-order valence-corrected chi connectivity index (χ4v) is 5.16. The third-order valence-corrected chi connectivity index (χ3v) is 7.21. The Kier molecular flexibility index (Phi) is 8.49. The Morgan fingerprint density at radius 2 is 1.94 bits per heavy atom. The molecule has 1 aromatic carbocycles. The Morgan fingerprint density at radius 1 is 1.21 bits per heavy atom. The standard InChI is InChI=1S/C27H32N2O3S/c1-7-14-29(20(4)17-26(30)32-6)25-13-12-24(22-10-8-9-11-23(22)25)28-33-27-18(2)15-21(31-5)16-19(27)3/h1,8-13,15-16,20,22,24,28H,14,17H2,2-6H3. The Balaban J connectivity index is 1.83. The van der Waals surface area contributed by atoms with Crippen molar-refractivity contribution in [2.24, 2.45) is 5.92 Å². The van der Waals surface area contributed by atoms with Crippen LogP contribution in [0.3, 0.4) is 0 Å². The highest BCUT2D eigenvalue weighted by Gasteiger charge is 2.30. The van der Waals surface area contributed by atoms with Gasteiger partial charge in [-0.25, -0.2) is 0 Å². The van der Waals surface area contributed by atoms with Crippen LogP contribution in [0.2, 0.25) is 0 Å². The monoisotopic (exact) mass is 464 g/mol. The van der Waals surface area contributed by atoms with Gasteiger partial charge in [-0.05, 0) is 67.6 Å². The highest BCUT2D eigenvalue weighted by atomic mass is 32.2. The molecule has 0 fully saturated rings. The number of terminal acetylenes is 1. The number of rotatable bonds is 9. The fourth-order valence-electron chi connectivity index (χ4n) is 4.24. The summed E-state index contributed by atoms with van der Waals surface area (Å²) in [5.41, 5.74) is 4.59. The van der Waals surface area contributed by atoms with Crippen LogP contribution in [0.5, 0.6) is 5.75 Å². The van der Waals surface area contributed by atoms with E-state index in [4.69, 9.17) is 15.9 Å². The van der Waals surface area contributed by atoms with Crippen LogP contribution >= 0.6 is 11.9 Å².